The van der Waals surface area contributed by atoms with Crippen LogP contribution in [0.15, 0.2) is 54.9 Å². The maximum Gasteiger partial charge on any atom is 0.144 e. The summed E-state index contributed by atoms with van der Waals surface area (Å²) in [6, 6.07) is 15.3. The van der Waals surface area contributed by atoms with Crippen LogP contribution in [0.1, 0.15) is 25.0 Å². The van der Waals surface area contributed by atoms with Gasteiger partial charge < -0.3 is 16.1 Å². The van der Waals surface area contributed by atoms with E-state index in [0.29, 0.717) is 16.9 Å². The molecule has 1 aromatic heterocycles. The number of nitrogens with one attached hydrogen (secondary N) is 1. The number of fused-ring (bicyclic) bond motifs is 2. The van der Waals surface area contributed by atoms with Gasteiger partial charge >= 0.3 is 0 Å². The fourth-order valence-electron chi connectivity index (χ4n) is 4.03. The van der Waals surface area contributed by atoms with Gasteiger partial charge in [0.15, 0.2) is 0 Å². The van der Waals surface area contributed by atoms with Gasteiger partial charge in [0, 0.05) is 17.6 Å². The van der Waals surface area contributed by atoms with E-state index in [2.05, 4.69) is 26.4 Å². The number of aryl methyl sites for hydroxylation is 1. The highest BCUT2D eigenvalue weighted by atomic mass is 19.1. The Bertz CT molecular complexity index is 1290. The molecular formula is C25H27FN6. The Kier molecular flexibility index (Phi) is 5.92. The van der Waals surface area contributed by atoms with Crippen molar-refractivity contribution in [1.82, 2.24) is 9.97 Å². The van der Waals surface area contributed by atoms with Crippen LogP contribution in [0.25, 0.3) is 22.0 Å². The first-order chi connectivity index (χ1) is 15.5. The summed E-state index contributed by atoms with van der Waals surface area (Å²) < 4.78 is 14.0. The molecule has 0 spiro atoms. The van der Waals surface area contributed by atoms with Crippen molar-refractivity contribution in [3.05, 3.63) is 71.8 Å². The number of hydrazine groups is 1. The van der Waals surface area contributed by atoms with Gasteiger partial charge in [-0.2, -0.15) is 0 Å². The molecule has 32 heavy (non-hydrogen) atoms. The fraction of sp³-hybridized carbons (Fsp3) is 0.200. The molecule has 164 valence electrons. The Morgan fingerprint density at radius 3 is 2.53 bits per heavy atom. The minimum absolute atomic E-state index is 0.168. The van der Waals surface area contributed by atoms with Gasteiger partial charge in [0.2, 0.25) is 0 Å². The predicted octanol–water partition coefficient (Wildman–Crippen LogP) is 5.33. The van der Waals surface area contributed by atoms with Crippen molar-refractivity contribution in [1.29, 1.82) is 0 Å². The number of benzene rings is 3. The maximum absolute atomic E-state index is 14.0. The SMILES string of the molecule is CC.Cc1cc2c(cc1F)CCN2c1ncnc2ccc(-c3ccc(N)c(NN)c3)cc12. The average Bonchev–Trinajstić information content (AvgIpc) is 3.22. The largest absolute Gasteiger partial charge is 0.397 e. The molecule has 4 aromatic rings. The molecule has 7 heteroatoms. The van der Waals surface area contributed by atoms with Gasteiger partial charge in [-0.1, -0.05) is 26.0 Å². The van der Waals surface area contributed by atoms with Gasteiger partial charge in [-0.15, -0.1) is 0 Å². The lowest BCUT2D eigenvalue weighted by molar-refractivity contribution is 0.617. The van der Waals surface area contributed by atoms with E-state index in [4.69, 9.17) is 11.6 Å². The number of anilines is 4. The summed E-state index contributed by atoms with van der Waals surface area (Å²) >= 11 is 0. The summed E-state index contributed by atoms with van der Waals surface area (Å²) in [4.78, 5) is 11.2. The molecule has 5 N–H and O–H groups in total. The van der Waals surface area contributed by atoms with Gasteiger partial charge in [0.05, 0.1) is 16.9 Å². The van der Waals surface area contributed by atoms with Gasteiger partial charge in [0.1, 0.15) is 18.0 Å². The highest BCUT2D eigenvalue weighted by molar-refractivity contribution is 5.95. The summed E-state index contributed by atoms with van der Waals surface area (Å²) in [7, 11) is 0. The topological polar surface area (TPSA) is 93.1 Å². The van der Waals surface area contributed by atoms with Crippen LogP contribution in [0, 0.1) is 12.7 Å². The lowest BCUT2D eigenvalue weighted by atomic mass is 10.0. The van der Waals surface area contributed by atoms with Crippen LogP contribution in [0.5, 0.6) is 0 Å². The summed E-state index contributed by atoms with van der Waals surface area (Å²) in [5.41, 5.74) is 15.3. The van der Waals surface area contributed by atoms with Gasteiger partial charge in [-0.05, 0) is 72.0 Å². The number of rotatable bonds is 3. The zero-order valence-electron chi connectivity index (χ0n) is 18.5. The Balaban J connectivity index is 0.00000119. The number of nitrogens with two attached hydrogens (primary N) is 2. The normalized spacial score (nSPS) is 12.3. The standard InChI is InChI=1S/C23H21FN6.C2H6/c1-13-8-22-16(10-18(13)24)6-7-30(22)23-17-9-14(3-5-20(17)27-12-28-23)15-2-4-19(25)21(11-15)29-26;1-2/h2-5,8-12,29H,6-7,25-26H2,1H3;1-2H3. The zero-order valence-corrected chi connectivity index (χ0v) is 18.5. The van der Waals surface area contributed by atoms with E-state index in [1.54, 1.807) is 19.3 Å². The maximum atomic E-state index is 14.0. The Labute approximate surface area is 187 Å². The molecule has 0 fully saturated rings. The van der Waals surface area contributed by atoms with E-state index in [9.17, 15) is 4.39 Å². The second-order valence-corrected chi connectivity index (χ2v) is 7.51. The van der Waals surface area contributed by atoms with Gasteiger partial charge in [-0.3, -0.25) is 5.84 Å². The van der Waals surface area contributed by atoms with Crippen LogP contribution in [0.4, 0.5) is 27.3 Å². The van der Waals surface area contributed by atoms with Crippen molar-refractivity contribution in [3.8, 4) is 11.1 Å². The minimum Gasteiger partial charge on any atom is -0.397 e. The van der Waals surface area contributed by atoms with Crippen molar-refractivity contribution in [2.75, 3.05) is 22.6 Å². The summed E-state index contributed by atoms with van der Waals surface area (Å²) in [5.74, 6) is 6.23. The number of halogens is 1. The van der Waals surface area contributed by atoms with Crippen molar-refractivity contribution in [2.45, 2.75) is 27.2 Å². The molecule has 0 aliphatic carbocycles. The monoisotopic (exact) mass is 430 g/mol. The van der Waals surface area contributed by atoms with Gasteiger partial charge in [0.25, 0.3) is 0 Å². The molecule has 6 nitrogen and oxygen atoms in total. The molecule has 3 aromatic carbocycles. The highest BCUT2D eigenvalue weighted by Gasteiger charge is 2.24. The molecule has 0 atom stereocenters. The van der Waals surface area contributed by atoms with E-state index in [1.165, 1.54) is 0 Å². The lowest BCUT2D eigenvalue weighted by Gasteiger charge is -2.20. The molecule has 0 bridgehead atoms. The van der Waals surface area contributed by atoms with E-state index < -0.39 is 0 Å². The summed E-state index contributed by atoms with van der Waals surface area (Å²) in [6.07, 6.45) is 2.35. The summed E-state index contributed by atoms with van der Waals surface area (Å²) in [5, 5.41) is 0.934. The molecule has 0 saturated heterocycles. The third-order valence-corrected chi connectivity index (χ3v) is 5.67. The molecule has 1 aliphatic heterocycles. The first-order valence-corrected chi connectivity index (χ1v) is 10.7. The number of nitrogens with zero attached hydrogens (tertiary/aromatic N) is 3. The first-order valence-electron chi connectivity index (χ1n) is 10.7. The first kappa shape index (κ1) is 21.5. The molecule has 2 heterocycles. The van der Waals surface area contributed by atoms with E-state index in [-0.39, 0.29) is 5.82 Å². The number of hydrogen-bond donors (Lipinski definition) is 3. The Morgan fingerprint density at radius 2 is 1.75 bits per heavy atom. The minimum atomic E-state index is -0.168. The lowest BCUT2D eigenvalue weighted by Crippen LogP contribution is -2.15. The quantitative estimate of drug-likeness (QED) is 0.231. The second-order valence-electron chi connectivity index (χ2n) is 7.51. The van der Waals surface area contributed by atoms with Crippen molar-refractivity contribution in [3.63, 3.8) is 0 Å². The number of aromatic nitrogens is 2. The van der Waals surface area contributed by atoms with Crippen LogP contribution in [-0.4, -0.2) is 16.5 Å². The molecule has 0 unspecified atom stereocenters. The molecule has 0 radical (unpaired) electrons. The number of hydrogen-bond acceptors (Lipinski definition) is 6. The van der Waals surface area contributed by atoms with Crippen molar-refractivity contribution >= 4 is 33.8 Å². The van der Waals surface area contributed by atoms with E-state index in [1.807, 2.05) is 50.2 Å². The van der Waals surface area contributed by atoms with Crippen LogP contribution in [0.3, 0.4) is 0 Å². The van der Waals surface area contributed by atoms with E-state index in [0.717, 1.165) is 52.1 Å². The third-order valence-electron chi connectivity index (χ3n) is 5.67. The van der Waals surface area contributed by atoms with Crippen molar-refractivity contribution < 1.29 is 4.39 Å². The third kappa shape index (κ3) is 3.71. The zero-order chi connectivity index (χ0) is 22.8. The average molecular weight is 431 g/mol. The highest BCUT2D eigenvalue weighted by Crippen LogP contribution is 2.39. The van der Waals surface area contributed by atoms with E-state index >= 15 is 0 Å². The Morgan fingerprint density at radius 1 is 1.00 bits per heavy atom. The molecule has 1 aliphatic rings. The summed E-state index contributed by atoms with van der Waals surface area (Å²) in [6.45, 7) is 6.53. The van der Waals surface area contributed by atoms with Crippen molar-refractivity contribution in [2.24, 2.45) is 5.84 Å². The molecular weight excluding hydrogens is 403 g/mol. The molecule has 0 saturated carbocycles. The number of nitrogen functional groups attached to an aromatic ring is 2. The second kappa shape index (κ2) is 8.80. The van der Waals surface area contributed by atoms with Crippen LogP contribution >= 0.6 is 0 Å². The smallest absolute Gasteiger partial charge is 0.144 e. The molecule has 0 amide bonds. The van der Waals surface area contributed by atoms with Crippen LogP contribution < -0.4 is 21.9 Å². The Hall–Kier alpha value is -3.71. The van der Waals surface area contributed by atoms with Crippen LogP contribution in [-0.2, 0) is 6.42 Å². The van der Waals surface area contributed by atoms with Gasteiger partial charge in [-0.25, -0.2) is 14.4 Å². The van der Waals surface area contributed by atoms with Crippen LogP contribution in [0.2, 0.25) is 0 Å². The fourth-order valence-corrected chi connectivity index (χ4v) is 4.03. The molecule has 5 rings (SSSR count). The predicted molar refractivity (Wildman–Crippen MR) is 130 cm³/mol.